The Morgan fingerprint density at radius 3 is 2.54 bits per heavy atom. The van der Waals surface area contributed by atoms with E-state index < -0.39 is 5.97 Å². The Balaban J connectivity index is 1.56. The molecule has 0 spiro atoms. The maximum Gasteiger partial charge on any atom is 0.337 e. The molecule has 2 aliphatic rings. The van der Waals surface area contributed by atoms with Crippen molar-refractivity contribution in [3.8, 4) is 11.5 Å². The molecule has 2 N–H and O–H groups in total. The van der Waals surface area contributed by atoms with Gasteiger partial charge >= 0.3 is 5.97 Å². The van der Waals surface area contributed by atoms with Gasteiger partial charge in [-0.25, -0.2) is 9.79 Å². The van der Waals surface area contributed by atoms with Crippen molar-refractivity contribution in [3.63, 3.8) is 0 Å². The molecular formula is C27H36N4O4. The zero-order valence-electron chi connectivity index (χ0n) is 20.9. The molecule has 1 saturated carbocycles. The average Bonchev–Trinajstić information content (AvgIpc) is 2.90. The minimum Gasteiger partial charge on any atom is -0.506 e. The fourth-order valence-corrected chi connectivity index (χ4v) is 4.82. The van der Waals surface area contributed by atoms with E-state index in [0.717, 1.165) is 50.0 Å². The summed E-state index contributed by atoms with van der Waals surface area (Å²) < 4.78 is 10.2. The number of hydrogen-bond donors (Lipinski definition) is 2. The fraction of sp³-hybridized carbons (Fsp3) is 0.481. The lowest BCUT2D eigenvalue weighted by molar-refractivity contribution is 0.0601. The molecule has 0 radical (unpaired) electrons. The van der Waals surface area contributed by atoms with Crippen LogP contribution in [0.25, 0.3) is 0 Å². The third-order valence-corrected chi connectivity index (χ3v) is 7.02. The third kappa shape index (κ3) is 5.99. The number of hydrogen-bond acceptors (Lipinski definition) is 6. The Hall–Kier alpha value is -3.42. The van der Waals surface area contributed by atoms with E-state index in [9.17, 15) is 9.90 Å². The summed E-state index contributed by atoms with van der Waals surface area (Å²) in [5.41, 5.74) is 1.96. The van der Waals surface area contributed by atoms with Gasteiger partial charge in [-0.05, 0) is 49.1 Å². The molecule has 35 heavy (non-hydrogen) atoms. The number of benzene rings is 2. The molecule has 2 unspecified atom stereocenters. The van der Waals surface area contributed by atoms with Gasteiger partial charge in [0, 0.05) is 37.9 Å². The van der Waals surface area contributed by atoms with E-state index in [1.165, 1.54) is 32.4 Å². The number of aliphatic imine (C=N–C) groups is 1. The second-order valence-electron chi connectivity index (χ2n) is 9.31. The second kappa shape index (κ2) is 11.3. The Kier molecular flexibility index (Phi) is 8.00. The first kappa shape index (κ1) is 24.7. The zero-order valence-corrected chi connectivity index (χ0v) is 20.9. The van der Waals surface area contributed by atoms with Crippen molar-refractivity contribution in [1.82, 2.24) is 4.90 Å². The van der Waals surface area contributed by atoms with Gasteiger partial charge in [0.2, 0.25) is 0 Å². The summed E-state index contributed by atoms with van der Waals surface area (Å²) in [6.45, 7) is 5.49. The van der Waals surface area contributed by atoms with E-state index in [0.29, 0.717) is 17.2 Å². The number of piperazine rings is 1. The number of anilines is 2. The van der Waals surface area contributed by atoms with Gasteiger partial charge in [-0.2, -0.15) is 0 Å². The first-order valence-corrected chi connectivity index (χ1v) is 12.4. The van der Waals surface area contributed by atoms with Gasteiger partial charge in [0.05, 0.1) is 31.5 Å². The van der Waals surface area contributed by atoms with Gasteiger partial charge in [0.25, 0.3) is 0 Å². The second-order valence-corrected chi connectivity index (χ2v) is 9.31. The van der Waals surface area contributed by atoms with Crippen LogP contribution in [0.4, 0.5) is 11.4 Å². The summed E-state index contributed by atoms with van der Waals surface area (Å²) >= 11 is 0. The highest BCUT2D eigenvalue weighted by Crippen LogP contribution is 2.29. The van der Waals surface area contributed by atoms with Gasteiger partial charge < -0.3 is 29.7 Å². The Labute approximate surface area is 207 Å². The minimum absolute atomic E-state index is 0.0667. The molecule has 2 atom stereocenters. The van der Waals surface area contributed by atoms with Crippen LogP contribution >= 0.6 is 0 Å². The quantitative estimate of drug-likeness (QED) is 0.285. The molecule has 2 aromatic rings. The van der Waals surface area contributed by atoms with Crippen molar-refractivity contribution in [2.75, 3.05) is 50.6 Å². The van der Waals surface area contributed by atoms with Crippen LogP contribution in [0.2, 0.25) is 0 Å². The van der Waals surface area contributed by atoms with Crippen LogP contribution in [0.5, 0.6) is 11.5 Å². The monoisotopic (exact) mass is 480 g/mol. The van der Waals surface area contributed by atoms with Crippen molar-refractivity contribution in [2.45, 2.75) is 38.6 Å². The first-order chi connectivity index (χ1) is 17.0. The molecule has 1 aliphatic carbocycles. The number of carbonyl (C=O) groups excluding carboxylic acids is 1. The number of ether oxygens (including phenoxy) is 2. The lowest BCUT2D eigenvalue weighted by Gasteiger charge is -2.38. The van der Waals surface area contributed by atoms with Gasteiger partial charge in [-0.1, -0.05) is 25.8 Å². The summed E-state index contributed by atoms with van der Waals surface area (Å²) in [6.07, 6.45) is 4.66. The Morgan fingerprint density at radius 2 is 1.83 bits per heavy atom. The molecule has 0 aromatic heterocycles. The average molecular weight is 481 g/mol. The maximum atomic E-state index is 12.1. The van der Waals surface area contributed by atoms with Crippen LogP contribution < -0.4 is 15.0 Å². The highest BCUT2D eigenvalue weighted by atomic mass is 16.5. The lowest BCUT2D eigenvalue weighted by atomic mass is 9.86. The number of carbonyl (C=O) groups is 1. The predicted molar refractivity (Wildman–Crippen MR) is 139 cm³/mol. The molecule has 8 nitrogen and oxygen atoms in total. The molecule has 2 aromatic carbocycles. The standard InChI is InChI=1S/C27H36N4O4/c1-19-7-4-5-10-23(19)28-27(29-24-17-20(26(33)35-3)11-12-25(24)32)31-15-13-30(14-16-31)21-8-6-9-22(18-21)34-2/h6,8-9,11-12,17-19,23,32H,4-5,7,10,13-16H2,1-3H3,(H,28,29). The summed E-state index contributed by atoms with van der Waals surface area (Å²) in [6, 6.07) is 13.0. The van der Waals surface area contributed by atoms with E-state index in [4.69, 9.17) is 14.5 Å². The van der Waals surface area contributed by atoms with Crippen LogP contribution in [0.3, 0.4) is 0 Å². The van der Waals surface area contributed by atoms with E-state index in [-0.39, 0.29) is 11.8 Å². The molecule has 1 aliphatic heterocycles. The number of nitrogens with zero attached hydrogens (tertiary/aromatic N) is 3. The molecule has 0 bridgehead atoms. The molecule has 2 fully saturated rings. The van der Waals surface area contributed by atoms with Gasteiger partial charge in [-0.15, -0.1) is 0 Å². The number of rotatable bonds is 5. The van der Waals surface area contributed by atoms with Crippen molar-refractivity contribution in [3.05, 3.63) is 48.0 Å². The SMILES string of the molecule is COC(=O)c1ccc(O)c(NC(=NC2CCCCC2C)N2CCN(c3cccc(OC)c3)CC2)c1. The normalized spacial score (nSPS) is 20.9. The van der Waals surface area contributed by atoms with E-state index >= 15 is 0 Å². The third-order valence-electron chi connectivity index (χ3n) is 7.02. The number of guanidine groups is 1. The molecule has 1 heterocycles. The van der Waals surface area contributed by atoms with Crippen molar-refractivity contribution < 1.29 is 19.4 Å². The van der Waals surface area contributed by atoms with Crippen LogP contribution in [0, 0.1) is 5.92 Å². The van der Waals surface area contributed by atoms with Crippen molar-refractivity contribution >= 4 is 23.3 Å². The largest absolute Gasteiger partial charge is 0.506 e. The number of methoxy groups -OCH3 is 2. The Morgan fingerprint density at radius 1 is 1.06 bits per heavy atom. The van der Waals surface area contributed by atoms with Crippen LogP contribution in [0.15, 0.2) is 47.5 Å². The summed E-state index contributed by atoms with van der Waals surface area (Å²) in [4.78, 5) is 21.8. The molecule has 4 rings (SSSR count). The predicted octanol–water partition coefficient (Wildman–Crippen LogP) is 4.36. The van der Waals surface area contributed by atoms with Crippen molar-refractivity contribution in [1.29, 1.82) is 0 Å². The van der Waals surface area contributed by atoms with Gasteiger partial charge in [0.1, 0.15) is 11.5 Å². The van der Waals surface area contributed by atoms with E-state index in [1.807, 2.05) is 12.1 Å². The van der Waals surface area contributed by atoms with E-state index in [1.54, 1.807) is 19.2 Å². The van der Waals surface area contributed by atoms with E-state index in [2.05, 4.69) is 34.2 Å². The molecular weight excluding hydrogens is 444 g/mol. The van der Waals surface area contributed by atoms with Crippen LogP contribution in [0.1, 0.15) is 43.0 Å². The molecule has 8 heteroatoms. The smallest absolute Gasteiger partial charge is 0.337 e. The molecule has 1 saturated heterocycles. The summed E-state index contributed by atoms with van der Waals surface area (Å²) in [5, 5.41) is 13.9. The summed E-state index contributed by atoms with van der Waals surface area (Å²) in [7, 11) is 3.03. The van der Waals surface area contributed by atoms with Gasteiger partial charge in [0.15, 0.2) is 5.96 Å². The van der Waals surface area contributed by atoms with Gasteiger partial charge in [-0.3, -0.25) is 0 Å². The topological polar surface area (TPSA) is 86.6 Å². The zero-order chi connectivity index (χ0) is 24.8. The molecule has 188 valence electrons. The number of esters is 1. The number of nitrogens with one attached hydrogen (secondary N) is 1. The Bertz CT molecular complexity index is 1050. The number of aromatic hydroxyl groups is 1. The number of phenols is 1. The van der Waals surface area contributed by atoms with Crippen molar-refractivity contribution in [2.24, 2.45) is 10.9 Å². The lowest BCUT2D eigenvalue weighted by Crippen LogP contribution is -2.51. The first-order valence-electron chi connectivity index (χ1n) is 12.4. The highest BCUT2D eigenvalue weighted by molar-refractivity contribution is 5.98. The molecule has 0 amide bonds. The maximum absolute atomic E-state index is 12.1. The number of phenolic OH excluding ortho intramolecular Hbond substituents is 1. The highest BCUT2D eigenvalue weighted by Gasteiger charge is 2.26. The van der Waals surface area contributed by atoms with Crippen LogP contribution in [-0.2, 0) is 4.74 Å². The fourth-order valence-electron chi connectivity index (χ4n) is 4.82. The van der Waals surface area contributed by atoms with Crippen LogP contribution in [-0.4, -0.2) is 68.4 Å². The summed E-state index contributed by atoms with van der Waals surface area (Å²) in [5.74, 6) is 1.72. The minimum atomic E-state index is -0.445.